The molecule has 0 aliphatic heterocycles. The zero-order valence-corrected chi connectivity index (χ0v) is 10.0. The quantitative estimate of drug-likeness (QED) is 0.858. The van der Waals surface area contributed by atoms with Crippen LogP contribution in [-0.2, 0) is 4.79 Å². The predicted octanol–water partition coefficient (Wildman–Crippen LogP) is 1.95. The van der Waals surface area contributed by atoms with Crippen molar-refractivity contribution in [3.8, 4) is 0 Å². The molecule has 6 heteroatoms. The molecule has 102 valence electrons. The molecule has 0 radical (unpaired) electrons. The van der Waals surface area contributed by atoms with Crippen LogP contribution in [0.2, 0.25) is 0 Å². The van der Waals surface area contributed by atoms with Crippen LogP contribution in [0.3, 0.4) is 0 Å². The van der Waals surface area contributed by atoms with Gasteiger partial charge in [0.2, 0.25) is 0 Å². The number of rotatable bonds is 5. The molecule has 2 rings (SSSR count). The summed E-state index contributed by atoms with van der Waals surface area (Å²) in [7, 11) is 0. The highest BCUT2D eigenvalue weighted by Gasteiger charge is 2.30. The van der Waals surface area contributed by atoms with Crippen LogP contribution in [0.25, 0.3) is 0 Å². The summed E-state index contributed by atoms with van der Waals surface area (Å²) in [4.78, 5) is 22.8. The summed E-state index contributed by atoms with van der Waals surface area (Å²) in [6, 6.07) is 1.41. The van der Waals surface area contributed by atoms with Gasteiger partial charge < -0.3 is 10.4 Å². The summed E-state index contributed by atoms with van der Waals surface area (Å²) in [6.07, 6.45) is 2.19. The number of carbonyl (C=O) groups is 2. The molecular weight excluding hydrogens is 256 g/mol. The van der Waals surface area contributed by atoms with Gasteiger partial charge in [-0.1, -0.05) is 12.8 Å². The Bertz CT molecular complexity index is 515. The van der Waals surface area contributed by atoms with E-state index in [9.17, 15) is 18.4 Å². The van der Waals surface area contributed by atoms with Gasteiger partial charge in [0.15, 0.2) is 0 Å². The van der Waals surface area contributed by atoms with Gasteiger partial charge in [-0.2, -0.15) is 0 Å². The lowest BCUT2D eigenvalue weighted by Gasteiger charge is -2.14. The molecule has 1 saturated carbocycles. The SMILES string of the molecule is O=C(NC(CC1CC1)C(=O)O)c1cc(F)ccc1F. The average molecular weight is 269 g/mol. The number of benzene rings is 1. The van der Waals surface area contributed by atoms with E-state index in [0.717, 1.165) is 31.0 Å². The fourth-order valence-corrected chi connectivity index (χ4v) is 1.82. The van der Waals surface area contributed by atoms with Gasteiger partial charge in [0.1, 0.15) is 17.7 Å². The minimum atomic E-state index is -1.17. The van der Waals surface area contributed by atoms with Crippen LogP contribution in [0.15, 0.2) is 18.2 Å². The maximum absolute atomic E-state index is 13.4. The van der Waals surface area contributed by atoms with Crippen molar-refractivity contribution in [1.82, 2.24) is 5.32 Å². The normalized spacial score (nSPS) is 15.9. The van der Waals surface area contributed by atoms with Gasteiger partial charge in [-0.15, -0.1) is 0 Å². The Labute approximate surface area is 108 Å². The van der Waals surface area contributed by atoms with Gasteiger partial charge in [0, 0.05) is 0 Å². The van der Waals surface area contributed by atoms with Gasteiger partial charge in [-0.05, 0) is 30.5 Å². The topological polar surface area (TPSA) is 66.4 Å². The summed E-state index contributed by atoms with van der Waals surface area (Å²) in [5.41, 5.74) is -0.484. The Hall–Kier alpha value is -1.98. The smallest absolute Gasteiger partial charge is 0.326 e. The van der Waals surface area contributed by atoms with Crippen molar-refractivity contribution in [2.24, 2.45) is 5.92 Å². The van der Waals surface area contributed by atoms with Crippen molar-refractivity contribution < 1.29 is 23.5 Å². The third-order valence-electron chi connectivity index (χ3n) is 3.04. The van der Waals surface area contributed by atoms with Gasteiger partial charge in [-0.25, -0.2) is 13.6 Å². The highest BCUT2D eigenvalue weighted by Crippen LogP contribution is 2.33. The molecule has 1 atom stereocenters. The van der Waals surface area contributed by atoms with E-state index in [1.807, 2.05) is 0 Å². The molecule has 1 amide bonds. The van der Waals surface area contributed by atoms with Crippen LogP contribution in [0.4, 0.5) is 8.78 Å². The fourth-order valence-electron chi connectivity index (χ4n) is 1.82. The van der Waals surface area contributed by atoms with Crippen LogP contribution in [0.1, 0.15) is 29.6 Å². The molecule has 19 heavy (non-hydrogen) atoms. The predicted molar refractivity (Wildman–Crippen MR) is 62.6 cm³/mol. The lowest BCUT2D eigenvalue weighted by Crippen LogP contribution is -2.41. The molecule has 0 spiro atoms. The summed E-state index contributed by atoms with van der Waals surface area (Å²) in [6.45, 7) is 0. The molecule has 4 nitrogen and oxygen atoms in total. The van der Waals surface area contributed by atoms with Crippen molar-refractivity contribution in [2.75, 3.05) is 0 Å². The summed E-state index contributed by atoms with van der Waals surface area (Å²) in [5, 5.41) is 11.2. The number of carboxylic acids is 1. The summed E-state index contributed by atoms with van der Waals surface area (Å²) >= 11 is 0. The van der Waals surface area contributed by atoms with E-state index in [4.69, 9.17) is 5.11 Å². The molecule has 0 aromatic heterocycles. The second-order valence-corrected chi connectivity index (χ2v) is 4.67. The number of nitrogens with one attached hydrogen (secondary N) is 1. The summed E-state index contributed by atoms with van der Waals surface area (Å²) < 4.78 is 26.3. The molecule has 2 N–H and O–H groups in total. The first-order chi connectivity index (χ1) is 8.97. The number of aliphatic carboxylic acids is 1. The maximum atomic E-state index is 13.4. The van der Waals surface area contributed by atoms with Crippen molar-refractivity contribution in [1.29, 1.82) is 0 Å². The number of halogens is 2. The molecule has 0 saturated heterocycles. The van der Waals surface area contributed by atoms with Crippen LogP contribution < -0.4 is 5.32 Å². The Morgan fingerprint density at radius 2 is 2.05 bits per heavy atom. The third-order valence-corrected chi connectivity index (χ3v) is 3.04. The van der Waals surface area contributed by atoms with E-state index in [1.54, 1.807) is 0 Å². The maximum Gasteiger partial charge on any atom is 0.326 e. The van der Waals surface area contributed by atoms with E-state index in [0.29, 0.717) is 12.3 Å². The van der Waals surface area contributed by atoms with Crippen LogP contribution in [0, 0.1) is 17.6 Å². The van der Waals surface area contributed by atoms with Gasteiger partial charge in [-0.3, -0.25) is 4.79 Å². The Kier molecular flexibility index (Phi) is 3.78. The van der Waals surface area contributed by atoms with Crippen molar-refractivity contribution in [3.05, 3.63) is 35.4 Å². The first-order valence-corrected chi connectivity index (χ1v) is 5.96. The van der Waals surface area contributed by atoms with Crippen LogP contribution >= 0.6 is 0 Å². The first-order valence-electron chi connectivity index (χ1n) is 5.96. The van der Waals surface area contributed by atoms with E-state index >= 15 is 0 Å². The molecule has 1 aliphatic carbocycles. The monoisotopic (exact) mass is 269 g/mol. The zero-order chi connectivity index (χ0) is 14.0. The Morgan fingerprint density at radius 3 is 2.63 bits per heavy atom. The van der Waals surface area contributed by atoms with Crippen molar-refractivity contribution in [3.63, 3.8) is 0 Å². The average Bonchev–Trinajstić information content (AvgIpc) is 3.15. The van der Waals surface area contributed by atoms with Gasteiger partial charge in [0.05, 0.1) is 5.56 Å². The lowest BCUT2D eigenvalue weighted by molar-refractivity contribution is -0.139. The molecule has 1 unspecified atom stereocenters. The van der Waals surface area contributed by atoms with E-state index in [-0.39, 0.29) is 0 Å². The standard InChI is InChI=1S/C13H13F2NO3/c14-8-3-4-10(15)9(6-8)12(17)16-11(13(18)19)5-7-1-2-7/h3-4,6-7,11H,1-2,5H2,(H,16,17)(H,18,19). The minimum absolute atomic E-state index is 0.291. The molecule has 0 bridgehead atoms. The lowest BCUT2D eigenvalue weighted by atomic mass is 10.1. The zero-order valence-electron chi connectivity index (χ0n) is 10.0. The molecule has 1 aromatic carbocycles. The number of carbonyl (C=O) groups excluding carboxylic acids is 1. The molecule has 1 aromatic rings. The number of hydrogen-bond acceptors (Lipinski definition) is 2. The Balaban J connectivity index is 2.09. The number of amides is 1. The molecule has 0 heterocycles. The minimum Gasteiger partial charge on any atom is -0.480 e. The highest BCUT2D eigenvalue weighted by atomic mass is 19.1. The van der Waals surface area contributed by atoms with E-state index in [1.165, 1.54) is 0 Å². The largest absolute Gasteiger partial charge is 0.480 e. The fraction of sp³-hybridized carbons (Fsp3) is 0.385. The van der Waals surface area contributed by atoms with Crippen LogP contribution in [0.5, 0.6) is 0 Å². The van der Waals surface area contributed by atoms with Crippen molar-refractivity contribution >= 4 is 11.9 Å². The van der Waals surface area contributed by atoms with Gasteiger partial charge >= 0.3 is 5.97 Å². The van der Waals surface area contributed by atoms with Gasteiger partial charge in [0.25, 0.3) is 5.91 Å². The second-order valence-electron chi connectivity index (χ2n) is 4.67. The summed E-state index contributed by atoms with van der Waals surface area (Å²) in [5.74, 6) is -3.42. The number of carboxylic acid groups (broad SMARTS) is 1. The third kappa shape index (κ3) is 3.49. The first kappa shape index (κ1) is 13.5. The van der Waals surface area contributed by atoms with Crippen molar-refractivity contribution in [2.45, 2.75) is 25.3 Å². The van der Waals surface area contributed by atoms with E-state index < -0.39 is 35.1 Å². The Morgan fingerprint density at radius 1 is 1.37 bits per heavy atom. The number of hydrogen-bond donors (Lipinski definition) is 2. The molecule has 1 fully saturated rings. The second kappa shape index (κ2) is 5.34. The molecular formula is C13H13F2NO3. The van der Waals surface area contributed by atoms with Crippen LogP contribution in [-0.4, -0.2) is 23.0 Å². The highest BCUT2D eigenvalue weighted by molar-refractivity contribution is 5.96. The molecule has 1 aliphatic rings. The van der Waals surface area contributed by atoms with E-state index in [2.05, 4.69) is 5.32 Å².